The van der Waals surface area contributed by atoms with E-state index in [9.17, 15) is 13.0 Å². The molecule has 0 unspecified atom stereocenters. The molecule has 1 N–H and O–H groups in total. The Hall–Kier alpha value is -0.910. The van der Waals surface area contributed by atoms with E-state index in [1.165, 1.54) is 0 Å². The smallest absolute Gasteiger partial charge is 0.0946 e. The highest BCUT2D eigenvalue weighted by Crippen LogP contribution is 2.10. The van der Waals surface area contributed by atoms with Crippen LogP contribution in [0.2, 0.25) is 0 Å². The summed E-state index contributed by atoms with van der Waals surface area (Å²) >= 11 is 0. The molecule has 1 aromatic carbocycles. The van der Waals surface area contributed by atoms with E-state index in [0.717, 1.165) is 5.56 Å². The van der Waals surface area contributed by atoms with Crippen LogP contribution in [0.5, 0.6) is 0 Å². The first-order chi connectivity index (χ1) is 7.49. The monoisotopic (exact) mass is 242 g/mol. The molecule has 0 radical (unpaired) electrons. The summed E-state index contributed by atoms with van der Waals surface area (Å²) in [4.78, 5) is 0. The lowest BCUT2D eigenvalue weighted by Crippen LogP contribution is -2.21. The van der Waals surface area contributed by atoms with Crippen molar-refractivity contribution in [3.63, 3.8) is 0 Å². The largest absolute Gasteiger partial charge is 0.748 e. The normalized spacial score (nSPS) is 13.6. The van der Waals surface area contributed by atoms with Gasteiger partial charge in [0.05, 0.1) is 10.1 Å². The first-order valence-corrected chi connectivity index (χ1v) is 6.78. The minimum atomic E-state index is -4.08. The molecular formula is C11H16NO3S-. The van der Waals surface area contributed by atoms with Crippen LogP contribution >= 0.6 is 0 Å². The zero-order valence-electron chi connectivity index (χ0n) is 9.22. The third-order valence-corrected chi connectivity index (χ3v) is 3.11. The van der Waals surface area contributed by atoms with Gasteiger partial charge in [0.25, 0.3) is 0 Å². The van der Waals surface area contributed by atoms with Gasteiger partial charge in [0.2, 0.25) is 0 Å². The van der Waals surface area contributed by atoms with Gasteiger partial charge in [-0.3, -0.25) is 0 Å². The first-order valence-electron chi connectivity index (χ1n) is 5.21. The van der Waals surface area contributed by atoms with E-state index in [0.29, 0.717) is 13.0 Å². The second-order valence-electron chi connectivity index (χ2n) is 3.70. The molecule has 0 aliphatic rings. The molecule has 5 heteroatoms. The van der Waals surface area contributed by atoms with E-state index >= 15 is 0 Å². The highest BCUT2D eigenvalue weighted by Gasteiger charge is 2.03. The Balaban J connectivity index is 2.29. The maximum Gasteiger partial charge on any atom is 0.0946 e. The van der Waals surface area contributed by atoms with E-state index in [1.54, 1.807) is 0 Å². The fraction of sp³-hybridized carbons (Fsp3) is 0.455. The minimum absolute atomic E-state index is 0.163. The van der Waals surface area contributed by atoms with Gasteiger partial charge in [-0.15, -0.1) is 0 Å². The molecule has 0 bridgehead atoms. The molecule has 0 spiro atoms. The van der Waals surface area contributed by atoms with Gasteiger partial charge in [0, 0.05) is 11.8 Å². The summed E-state index contributed by atoms with van der Waals surface area (Å²) in [5, 5.41) is 3.17. The predicted molar refractivity (Wildman–Crippen MR) is 62.0 cm³/mol. The van der Waals surface area contributed by atoms with Crippen molar-refractivity contribution >= 4 is 10.1 Å². The summed E-state index contributed by atoms with van der Waals surface area (Å²) < 4.78 is 31.1. The Morgan fingerprint density at radius 3 is 2.50 bits per heavy atom. The quantitative estimate of drug-likeness (QED) is 0.602. The van der Waals surface area contributed by atoms with Gasteiger partial charge in [0.15, 0.2) is 0 Å². The Morgan fingerprint density at radius 1 is 1.31 bits per heavy atom. The molecule has 1 rings (SSSR count). The first kappa shape index (κ1) is 13.2. The third-order valence-electron chi connectivity index (χ3n) is 2.32. The van der Waals surface area contributed by atoms with Crippen molar-refractivity contribution < 1.29 is 13.0 Å². The lowest BCUT2D eigenvalue weighted by atomic mass is 10.1. The number of hydrogen-bond donors (Lipinski definition) is 1. The molecule has 0 fully saturated rings. The summed E-state index contributed by atoms with van der Waals surface area (Å²) in [6, 6.07) is 10.0. The van der Waals surface area contributed by atoms with Crippen LogP contribution in [0.25, 0.3) is 0 Å². The molecule has 0 aliphatic heterocycles. The summed E-state index contributed by atoms with van der Waals surface area (Å²) in [5.74, 6) is -0.304. The van der Waals surface area contributed by atoms with Gasteiger partial charge in [-0.1, -0.05) is 30.3 Å². The Labute approximate surface area is 96.4 Å². The lowest BCUT2D eigenvalue weighted by molar-refractivity contribution is 0.458. The molecule has 0 saturated carbocycles. The van der Waals surface area contributed by atoms with Crippen molar-refractivity contribution in [3.05, 3.63) is 35.9 Å². The fourth-order valence-corrected chi connectivity index (χ4v) is 1.92. The van der Waals surface area contributed by atoms with Crippen LogP contribution in [0.1, 0.15) is 24.9 Å². The Kier molecular flexibility index (Phi) is 4.92. The van der Waals surface area contributed by atoms with Crippen LogP contribution < -0.4 is 5.32 Å². The summed E-state index contributed by atoms with van der Waals surface area (Å²) in [6.45, 7) is 2.53. The van der Waals surface area contributed by atoms with Crippen molar-refractivity contribution in [2.24, 2.45) is 0 Å². The molecule has 16 heavy (non-hydrogen) atoms. The molecular weight excluding hydrogens is 226 g/mol. The number of hydrogen-bond acceptors (Lipinski definition) is 4. The van der Waals surface area contributed by atoms with Crippen molar-refractivity contribution in [1.82, 2.24) is 5.32 Å². The van der Waals surface area contributed by atoms with Crippen LogP contribution in [0.15, 0.2) is 30.3 Å². The highest BCUT2D eigenvalue weighted by molar-refractivity contribution is 7.85. The van der Waals surface area contributed by atoms with Gasteiger partial charge in [0.1, 0.15) is 0 Å². The number of nitrogens with one attached hydrogen (secondary N) is 1. The molecule has 90 valence electrons. The minimum Gasteiger partial charge on any atom is -0.748 e. The van der Waals surface area contributed by atoms with Gasteiger partial charge >= 0.3 is 0 Å². The summed E-state index contributed by atoms with van der Waals surface area (Å²) in [5.41, 5.74) is 1.15. The summed E-state index contributed by atoms with van der Waals surface area (Å²) in [6.07, 6.45) is 0.350. The predicted octanol–water partition coefficient (Wildman–Crippen LogP) is 1.27. The second-order valence-corrected chi connectivity index (χ2v) is 5.23. The Bertz CT molecular complexity index is 402. The summed E-state index contributed by atoms with van der Waals surface area (Å²) in [7, 11) is -4.08. The van der Waals surface area contributed by atoms with Crippen LogP contribution in [0, 0.1) is 0 Å². The zero-order valence-corrected chi connectivity index (χ0v) is 10.0. The molecule has 1 atom stereocenters. The van der Waals surface area contributed by atoms with Gasteiger partial charge < -0.3 is 9.87 Å². The van der Waals surface area contributed by atoms with Crippen molar-refractivity contribution in [3.8, 4) is 0 Å². The van der Waals surface area contributed by atoms with E-state index in [-0.39, 0.29) is 11.8 Å². The fourth-order valence-electron chi connectivity index (χ4n) is 1.43. The van der Waals surface area contributed by atoms with Gasteiger partial charge in [-0.05, 0) is 25.5 Å². The van der Waals surface area contributed by atoms with Crippen LogP contribution in [0.4, 0.5) is 0 Å². The average molecular weight is 242 g/mol. The maximum atomic E-state index is 10.4. The Morgan fingerprint density at radius 2 is 1.94 bits per heavy atom. The zero-order chi connectivity index (χ0) is 12.0. The van der Waals surface area contributed by atoms with Gasteiger partial charge in [-0.25, -0.2) is 8.42 Å². The van der Waals surface area contributed by atoms with Gasteiger partial charge in [-0.2, -0.15) is 0 Å². The van der Waals surface area contributed by atoms with Crippen molar-refractivity contribution in [2.45, 2.75) is 19.4 Å². The van der Waals surface area contributed by atoms with Crippen LogP contribution in [0.3, 0.4) is 0 Å². The van der Waals surface area contributed by atoms with E-state index < -0.39 is 10.1 Å². The SMILES string of the molecule is C[C@H](NCCCS(=O)(=O)[O-])c1ccccc1. The topological polar surface area (TPSA) is 69.2 Å². The van der Waals surface area contributed by atoms with E-state index in [1.807, 2.05) is 37.3 Å². The van der Waals surface area contributed by atoms with Crippen molar-refractivity contribution in [1.29, 1.82) is 0 Å². The third kappa shape index (κ3) is 5.25. The maximum absolute atomic E-state index is 10.4. The van der Waals surface area contributed by atoms with Crippen LogP contribution in [-0.4, -0.2) is 25.3 Å². The molecule has 0 heterocycles. The van der Waals surface area contributed by atoms with E-state index in [2.05, 4.69) is 5.32 Å². The van der Waals surface area contributed by atoms with Crippen LogP contribution in [-0.2, 0) is 10.1 Å². The standard InChI is InChI=1S/C11H17NO3S/c1-10(11-6-3-2-4-7-11)12-8-5-9-16(13,14)15/h2-4,6-7,10,12H,5,8-9H2,1H3,(H,13,14,15)/p-1/t10-/m0/s1. The average Bonchev–Trinajstić information content (AvgIpc) is 2.24. The molecule has 0 aliphatic carbocycles. The molecule has 0 saturated heterocycles. The molecule has 0 aromatic heterocycles. The highest BCUT2D eigenvalue weighted by atomic mass is 32.2. The van der Waals surface area contributed by atoms with E-state index in [4.69, 9.17) is 0 Å². The lowest BCUT2D eigenvalue weighted by Gasteiger charge is -2.14. The second kappa shape index (κ2) is 5.98. The molecule has 1 aromatic rings. The number of rotatable bonds is 6. The molecule has 4 nitrogen and oxygen atoms in total. The number of benzene rings is 1. The molecule has 0 amide bonds. The van der Waals surface area contributed by atoms with Crippen molar-refractivity contribution in [2.75, 3.05) is 12.3 Å².